The molecule has 1 aromatic rings. The number of nitrogens with two attached hydrogens (primary N) is 1. The Morgan fingerprint density at radius 3 is 2.94 bits per heavy atom. The molecular formula is C12H17NO2S. The van der Waals surface area contributed by atoms with Gasteiger partial charge in [-0.15, -0.1) is 11.8 Å². The monoisotopic (exact) mass is 239 g/mol. The molecule has 3 nitrogen and oxygen atoms in total. The molecule has 0 fully saturated rings. The van der Waals surface area contributed by atoms with Gasteiger partial charge < -0.3 is 15.9 Å². The van der Waals surface area contributed by atoms with Gasteiger partial charge in [0, 0.05) is 11.4 Å². The fraction of sp³-hybridized carbons (Fsp3) is 0.500. The molecule has 0 radical (unpaired) electrons. The summed E-state index contributed by atoms with van der Waals surface area (Å²) in [6.45, 7) is 0.0764. The number of hydrogen-bond acceptors (Lipinski definition) is 4. The van der Waals surface area contributed by atoms with Crippen LogP contribution in [0.1, 0.15) is 23.7 Å². The van der Waals surface area contributed by atoms with Crippen molar-refractivity contribution in [1.29, 1.82) is 0 Å². The van der Waals surface area contributed by atoms with E-state index in [1.165, 1.54) is 22.6 Å². The molecule has 0 spiro atoms. The largest absolute Gasteiger partial charge is 0.389 e. The molecule has 1 heterocycles. The molecule has 0 amide bonds. The molecule has 1 aromatic carbocycles. The molecule has 0 bridgehead atoms. The number of fused-ring (bicyclic) bond motifs is 1. The third-order valence-corrected chi connectivity index (χ3v) is 4.08. The molecule has 0 aromatic heterocycles. The van der Waals surface area contributed by atoms with Gasteiger partial charge in [-0.3, -0.25) is 0 Å². The van der Waals surface area contributed by atoms with E-state index in [9.17, 15) is 10.2 Å². The Balaban J connectivity index is 2.22. The Bertz CT molecular complexity index is 370. The lowest BCUT2D eigenvalue weighted by atomic mass is 10.00. The SMILES string of the molecule is NCC(O)C(O)c1ccc2c(c1)CCCS2. The first-order chi connectivity index (χ1) is 7.72. The fourth-order valence-electron chi connectivity index (χ4n) is 1.92. The van der Waals surface area contributed by atoms with Crippen molar-refractivity contribution in [3.05, 3.63) is 29.3 Å². The zero-order chi connectivity index (χ0) is 11.5. The van der Waals surface area contributed by atoms with E-state index in [1.54, 1.807) is 0 Å². The molecule has 4 N–H and O–H groups in total. The number of aliphatic hydroxyl groups excluding tert-OH is 2. The van der Waals surface area contributed by atoms with Crippen LogP contribution in [-0.2, 0) is 6.42 Å². The molecule has 0 aliphatic carbocycles. The topological polar surface area (TPSA) is 66.5 Å². The van der Waals surface area contributed by atoms with Crippen LogP contribution < -0.4 is 5.73 Å². The second kappa shape index (κ2) is 5.19. The van der Waals surface area contributed by atoms with E-state index in [-0.39, 0.29) is 6.54 Å². The number of hydrogen-bond donors (Lipinski definition) is 3. The fourth-order valence-corrected chi connectivity index (χ4v) is 2.93. The smallest absolute Gasteiger partial charge is 0.106 e. The van der Waals surface area contributed by atoms with Gasteiger partial charge >= 0.3 is 0 Å². The highest BCUT2D eigenvalue weighted by Gasteiger charge is 2.18. The second-order valence-corrected chi connectivity index (χ2v) is 5.20. The molecule has 1 aliphatic rings. The Hall–Kier alpha value is -0.550. The maximum Gasteiger partial charge on any atom is 0.106 e. The standard InChI is InChI=1S/C12H17NO2S/c13-7-10(14)12(15)9-3-4-11-8(6-9)2-1-5-16-11/h3-4,6,10,12,14-15H,1-2,5,7,13H2. The van der Waals surface area contributed by atoms with E-state index in [2.05, 4.69) is 0 Å². The minimum atomic E-state index is -0.880. The van der Waals surface area contributed by atoms with Crippen LogP contribution in [0, 0.1) is 0 Å². The van der Waals surface area contributed by atoms with E-state index >= 15 is 0 Å². The first-order valence-electron chi connectivity index (χ1n) is 5.54. The Morgan fingerprint density at radius 2 is 2.19 bits per heavy atom. The van der Waals surface area contributed by atoms with Gasteiger partial charge in [-0.05, 0) is 35.8 Å². The lowest BCUT2D eigenvalue weighted by molar-refractivity contribution is 0.0243. The van der Waals surface area contributed by atoms with Gasteiger partial charge in [-0.25, -0.2) is 0 Å². The maximum atomic E-state index is 9.85. The summed E-state index contributed by atoms with van der Waals surface area (Å²) in [5.74, 6) is 1.17. The molecule has 1 aliphatic heterocycles. The minimum absolute atomic E-state index is 0.0764. The van der Waals surface area contributed by atoms with Crippen molar-refractivity contribution in [2.45, 2.75) is 29.9 Å². The first-order valence-corrected chi connectivity index (χ1v) is 6.52. The van der Waals surface area contributed by atoms with Gasteiger partial charge in [0.05, 0.1) is 6.10 Å². The molecule has 2 atom stereocenters. The van der Waals surface area contributed by atoms with Crippen LogP contribution in [0.2, 0.25) is 0 Å². The average Bonchev–Trinajstić information content (AvgIpc) is 2.36. The van der Waals surface area contributed by atoms with Crippen LogP contribution in [0.5, 0.6) is 0 Å². The third kappa shape index (κ3) is 2.40. The van der Waals surface area contributed by atoms with Gasteiger partial charge in [-0.1, -0.05) is 12.1 Å². The van der Waals surface area contributed by atoms with Crippen LogP contribution >= 0.6 is 11.8 Å². The predicted octanol–water partition coefficient (Wildman–Crippen LogP) is 1.08. The van der Waals surface area contributed by atoms with E-state index < -0.39 is 12.2 Å². The van der Waals surface area contributed by atoms with E-state index in [0.717, 1.165) is 12.0 Å². The highest BCUT2D eigenvalue weighted by atomic mass is 32.2. The van der Waals surface area contributed by atoms with Crippen molar-refractivity contribution < 1.29 is 10.2 Å². The van der Waals surface area contributed by atoms with E-state index in [4.69, 9.17) is 5.73 Å². The maximum absolute atomic E-state index is 9.85. The lowest BCUT2D eigenvalue weighted by Crippen LogP contribution is -2.27. The third-order valence-electron chi connectivity index (χ3n) is 2.88. The molecule has 16 heavy (non-hydrogen) atoms. The van der Waals surface area contributed by atoms with E-state index in [0.29, 0.717) is 0 Å². The lowest BCUT2D eigenvalue weighted by Gasteiger charge is -2.20. The summed E-state index contributed by atoms with van der Waals surface area (Å²) in [5, 5.41) is 19.4. The number of benzene rings is 1. The summed E-state index contributed by atoms with van der Waals surface area (Å²) in [7, 11) is 0. The Kier molecular flexibility index (Phi) is 3.86. The molecule has 4 heteroatoms. The average molecular weight is 239 g/mol. The molecular weight excluding hydrogens is 222 g/mol. The van der Waals surface area contributed by atoms with Gasteiger partial charge in [0.25, 0.3) is 0 Å². The first kappa shape index (κ1) is 11.9. The van der Waals surface area contributed by atoms with Crippen molar-refractivity contribution >= 4 is 11.8 Å². The molecule has 2 unspecified atom stereocenters. The second-order valence-electron chi connectivity index (χ2n) is 4.07. The molecule has 2 rings (SSSR count). The summed E-state index contributed by atoms with van der Waals surface area (Å²) < 4.78 is 0. The van der Waals surface area contributed by atoms with Crippen molar-refractivity contribution in [3.63, 3.8) is 0 Å². The van der Waals surface area contributed by atoms with Crippen molar-refractivity contribution in [2.75, 3.05) is 12.3 Å². The number of aryl methyl sites for hydroxylation is 1. The van der Waals surface area contributed by atoms with Gasteiger partial charge in [-0.2, -0.15) is 0 Å². The normalized spacial score (nSPS) is 18.9. The van der Waals surface area contributed by atoms with Gasteiger partial charge in [0.15, 0.2) is 0 Å². The highest BCUT2D eigenvalue weighted by Crippen LogP contribution is 2.32. The van der Waals surface area contributed by atoms with Crippen LogP contribution in [0.15, 0.2) is 23.1 Å². The van der Waals surface area contributed by atoms with Crippen LogP contribution in [0.3, 0.4) is 0 Å². The van der Waals surface area contributed by atoms with E-state index in [1.807, 2.05) is 30.0 Å². The zero-order valence-corrected chi connectivity index (χ0v) is 9.91. The highest BCUT2D eigenvalue weighted by molar-refractivity contribution is 7.99. The Labute approximate surface area is 99.7 Å². The van der Waals surface area contributed by atoms with Gasteiger partial charge in [0.1, 0.15) is 6.10 Å². The predicted molar refractivity (Wildman–Crippen MR) is 65.5 cm³/mol. The summed E-state index contributed by atoms with van der Waals surface area (Å²) in [4.78, 5) is 1.30. The van der Waals surface area contributed by atoms with Crippen LogP contribution in [-0.4, -0.2) is 28.6 Å². The summed E-state index contributed by atoms with van der Waals surface area (Å²) in [6, 6.07) is 5.90. The summed E-state index contributed by atoms with van der Waals surface area (Å²) in [5.41, 5.74) is 7.37. The van der Waals surface area contributed by atoms with Crippen molar-refractivity contribution in [2.24, 2.45) is 5.73 Å². The van der Waals surface area contributed by atoms with Crippen molar-refractivity contribution in [3.8, 4) is 0 Å². The summed E-state index contributed by atoms with van der Waals surface area (Å²) >= 11 is 1.85. The summed E-state index contributed by atoms with van der Waals surface area (Å²) in [6.07, 6.45) is 0.481. The number of aliphatic hydroxyl groups is 2. The number of rotatable bonds is 3. The van der Waals surface area contributed by atoms with Gasteiger partial charge in [0.2, 0.25) is 0 Å². The Morgan fingerprint density at radius 1 is 1.38 bits per heavy atom. The molecule has 88 valence electrons. The van der Waals surface area contributed by atoms with Crippen LogP contribution in [0.25, 0.3) is 0 Å². The number of thioether (sulfide) groups is 1. The molecule has 0 saturated carbocycles. The molecule has 0 saturated heterocycles. The quantitative estimate of drug-likeness (QED) is 0.738. The van der Waals surface area contributed by atoms with Crippen LogP contribution in [0.4, 0.5) is 0 Å². The minimum Gasteiger partial charge on any atom is -0.389 e. The zero-order valence-electron chi connectivity index (χ0n) is 9.10. The van der Waals surface area contributed by atoms with Crippen molar-refractivity contribution in [1.82, 2.24) is 0 Å².